The van der Waals surface area contributed by atoms with Crippen LogP contribution in [0.2, 0.25) is 0 Å². The van der Waals surface area contributed by atoms with E-state index in [0.29, 0.717) is 5.56 Å². The topological polar surface area (TPSA) is 81.2 Å². The van der Waals surface area contributed by atoms with E-state index in [4.69, 9.17) is 4.74 Å². The first-order chi connectivity index (χ1) is 10.7. The highest BCUT2D eigenvalue weighted by molar-refractivity contribution is 5.91. The van der Waals surface area contributed by atoms with Gasteiger partial charge in [-0.3, -0.25) is 4.79 Å². The smallest absolute Gasteiger partial charge is 0.337 e. The molecule has 1 aromatic heterocycles. The number of hydrogen-bond acceptors (Lipinski definition) is 5. The van der Waals surface area contributed by atoms with Gasteiger partial charge in [-0.1, -0.05) is 6.07 Å². The molecule has 0 fully saturated rings. The van der Waals surface area contributed by atoms with E-state index in [0.717, 1.165) is 24.0 Å². The first-order valence-electron chi connectivity index (χ1n) is 6.98. The van der Waals surface area contributed by atoms with Crippen LogP contribution in [0.3, 0.4) is 0 Å². The second kappa shape index (κ2) is 5.93. The monoisotopic (exact) mass is 297 g/mol. The van der Waals surface area contributed by atoms with Gasteiger partial charge >= 0.3 is 5.97 Å². The van der Waals surface area contributed by atoms with Crippen LogP contribution in [0.25, 0.3) is 0 Å². The molecule has 1 aliphatic rings. The zero-order chi connectivity index (χ0) is 15.5. The van der Waals surface area contributed by atoms with Crippen LogP contribution in [-0.4, -0.2) is 29.0 Å². The molecule has 1 aromatic carbocycles. The maximum atomic E-state index is 12.2. The molecule has 0 radical (unpaired) electrons. The van der Waals surface area contributed by atoms with Crippen LogP contribution < -0.4 is 5.32 Å². The molecule has 1 atom stereocenters. The maximum absolute atomic E-state index is 12.2. The van der Waals surface area contributed by atoms with Gasteiger partial charge in [0.1, 0.15) is 0 Å². The lowest BCUT2D eigenvalue weighted by Gasteiger charge is -2.14. The predicted octanol–water partition coefficient (Wildman–Crippen LogP) is 1.68. The molecule has 112 valence electrons. The van der Waals surface area contributed by atoms with Gasteiger partial charge in [0, 0.05) is 12.4 Å². The number of nitrogens with zero attached hydrogens (tertiary/aromatic N) is 2. The Morgan fingerprint density at radius 3 is 2.77 bits per heavy atom. The molecule has 1 aliphatic carbocycles. The Hall–Kier alpha value is -2.76. The Morgan fingerprint density at radius 2 is 2.05 bits per heavy atom. The van der Waals surface area contributed by atoms with Gasteiger partial charge in [-0.15, -0.1) is 0 Å². The number of aryl methyl sites for hydroxylation is 1. The summed E-state index contributed by atoms with van der Waals surface area (Å²) in [6, 6.07) is 6.95. The fraction of sp³-hybridized carbons (Fsp3) is 0.250. The molecule has 2 aromatic rings. The zero-order valence-corrected chi connectivity index (χ0v) is 12.1. The largest absolute Gasteiger partial charge is 0.465 e. The Morgan fingerprint density at radius 1 is 1.27 bits per heavy atom. The van der Waals surface area contributed by atoms with Crippen LogP contribution in [0.5, 0.6) is 0 Å². The zero-order valence-electron chi connectivity index (χ0n) is 12.1. The molecule has 1 heterocycles. The summed E-state index contributed by atoms with van der Waals surface area (Å²) in [5, 5.41) is 2.92. The molecule has 1 N–H and O–H groups in total. The fourth-order valence-electron chi connectivity index (χ4n) is 2.64. The number of esters is 1. The second-order valence-corrected chi connectivity index (χ2v) is 5.04. The second-order valence-electron chi connectivity index (χ2n) is 5.04. The minimum atomic E-state index is -0.383. The highest BCUT2D eigenvalue weighted by Crippen LogP contribution is 2.32. The van der Waals surface area contributed by atoms with Crippen molar-refractivity contribution in [2.24, 2.45) is 0 Å². The van der Waals surface area contributed by atoms with Crippen LogP contribution in [0.1, 0.15) is 44.6 Å². The Bertz CT molecular complexity index is 716. The molecule has 0 bridgehead atoms. The first kappa shape index (κ1) is 14.2. The van der Waals surface area contributed by atoms with Gasteiger partial charge in [0.15, 0.2) is 0 Å². The van der Waals surface area contributed by atoms with Gasteiger partial charge in [-0.2, -0.15) is 0 Å². The summed E-state index contributed by atoms with van der Waals surface area (Å²) in [6.45, 7) is 0. The molecule has 6 heteroatoms. The van der Waals surface area contributed by atoms with Crippen molar-refractivity contribution in [1.29, 1.82) is 0 Å². The van der Waals surface area contributed by atoms with E-state index in [-0.39, 0.29) is 23.7 Å². The predicted molar refractivity (Wildman–Crippen MR) is 78.3 cm³/mol. The summed E-state index contributed by atoms with van der Waals surface area (Å²) in [7, 11) is 1.35. The molecule has 6 nitrogen and oxygen atoms in total. The lowest BCUT2D eigenvalue weighted by Crippen LogP contribution is -2.28. The maximum Gasteiger partial charge on any atom is 0.337 e. The summed E-state index contributed by atoms with van der Waals surface area (Å²) in [4.78, 5) is 31.7. The van der Waals surface area contributed by atoms with Gasteiger partial charge in [-0.25, -0.2) is 14.8 Å². The molecule has 3 rings (SSSR count). The third-order valence-corrected chi connectivity index (χ3v) is 3.72. The Kier molecular flexibility index (Phi) is 3.82. The Balaban J connectivity index is 1.81. The number of ether oxygens (including phenoxy) is 1. The quantitative estimate of drug-likeness (QED) is 0.872. The van der Waals surface area contributed by atoms with E-state index >= 15 is 0 Å². The third-order valence-electron chi connectivity index (χ3n) is 3.72. The number of carbonyl (C=O) groups is 2. The van der Waals surface area contributed by atoms with E-state index in [1.807, 2.05) is 6.07 Å². The number of nitrogens with one attached hydrogen (secondary N) is 1. The minimum absolute atomic E-state index is 0.139. The average Bonchev–Trinajstić information content (AvgIpc) is 2.97. The normalized spacial score (nSPS) is 16.0. The highest BCUT2D eigenvalue weighted by atomic mass is 16.5. The van der Waals surface area contributed by atoms with Crippen molar-refractivity contribution in [2.45, 2.75) is 18.9 Å². The number of aromatic nitrogens is 2. The molecule has 22 heavy (non-hydrogen) atoms. The molecular weight excluding hydrogens is 282 g/mol. The van der Waals surface area contributed by atoms with E-state index in [1.165, 1.54) is 19.5 Å². The summed E-state index contributed by atoms with van der Waals surface area (Å²) < 4.78 is 4.74. The average molecular weight is 297 g/mol. The van der Waals surface area contributed by atoms with E-state index in [2.05, 4.69) is 15.3 Å². The van der Waals surface area contributed by atoms with Gasteiger partial charge in [0.25, 0.3) is 5.91 Å². The molecule has 0 unspecified atom stereocenters. The third kappa shape index (κ3) is 2.67. The van der Waals surface area contributed by atoms with Crippen molar-refractivity contribution < 1.29 is 14.3 Å². The molecule has 1 amide bonds. The molecule has 0 saturated heterocycles. The van der Waals surface area contributed by atoms with Gasteiger partial charge < -0.3 is 10.1 Å². The van der Waals surface area contributed by atoms with Crippen molar-refractivity contribution in [3.63, 3.8) is 0 Å². The molecule has 0 spiro atoms. The number of carbonyl (C=O) groups excluding carboxylic acids is 2. The van der Waals surface area contributed by atoms with Crippen LogP contribution in [-0.2, 0) is 11.2 Å². The number of rotatable bonds is 3. The van der Waals surface area contributed by atoms with Gasteiger partial charge in [0.2, 0.25) is 5.82 Å². The summed E-state index contributed by atoms with van der Waals surface area (Å²) in [6.07, 6.45) is 4.70. The summed E-state index contributed by atoms with van der Waals surface area (Å²) in [5.41, 5.74) is 2.57. The summed E-state index contributed by atoms with van der Waals surface area (Å²) in [5.74, 6) is -0.562. The van der Waals surface area contributed by atoms with Crippen LogP contribution in [0, 0.1) is 0 Å². The first-order valence-corrected chi connectivity index (χ1v) is 6.98. The van der Waals surface area contributed by atoms with Gasteiger partial charge in [-0.05, 0) is 42.2 Å². The Labute approximate surface area is 127 Å². The van der Waals surface area contributed by atoms with Crippen molar-refractivity contribution in [3.05, 3.63) is 59.2 Å². The number of methoxy groups -OCH3 is 1. The number of amides is 1. The summed E-state index contributed by atoms with van der Waals surface area (Å²) >= 11 is 0. The van der Waals surface area contributed by atoms with Crippen LogP contribution >= 0.6 is 0 Å². The van der Waals surface area contributed by atoms with Crippen molar-refractivity contribution in [3.8, 4) is 0 Å². The van der Waals surface area contributed by atoms with E-state index < -0.39 is 0 Å². The number of hydrogen-bond donors (Lipinski definition) is 1. The van der Waals surface area contributed by atoms with Crippen molar-refractivity contribution in [2.75, 3.05) is 7.11 Å². The van der Waals surface area contributed by atoms with E-state index in [1.54, 1.807) is 18.2 Å². The van der Waals surface area contributed by atoms with Gasteiger partial charge in [0.05, 0.1) is 18.7 Å². The van der Waals surface area contributed by atoms with Crippen molar-refractivity contribution >= 4 is 11.9 Å². The molecule has 0 saturated carbocycles. The lowest BCUT2D eigenvalue weighted by atomic mass is 10.0. The molecular formula is C16H15N3O3. The van der Waals surface area contributed by atoms with Crippen LogP contribution in [0.4, 0.5) is 0 Å². The molecule has 0 aliphatic heterocycles. The standard InChI is InChI=1S/C16H15N3O3/c1-22-16(21)11-4-3-10-5-6-13(12(10)9-11)19-15(20)14-17-7-2-8-18-14/h2-4,7-9,13H,5-6H2,1H3,(H,19,20)/t13-/m1/s1. The number of fused-ring (bicyclic) bond motifs is 1. The SMILES string of the molecule is COC(=O)c1ccc2c(c1)[C@H](NC(=O)c1ncccn1)CC2. The number of benzene rings is 1. The van der Waals surface area contributed by atoms with E-state index in [9.17, 15) is 9.59 Å². The van der Waals surface area contributed by atoms with Crippen LogP contribution in [0.15, 0.2) is 36.7 Å². The minimum Gasteiger partial charge on any atom is -0.465 e. The van der Waals surface area contributed by atoms with Crippen molar-refractivity contribution in [1.82, 2.24) is 15.3 Å². The lowest BCUT2D eigenvalue weighted by molar-refractivity contribution is 0.0600. The highest BCUT2D eigenvalue weighted by Gasteiger charge is 2.26. The fourth-order valence-corrected chi connectivity index (χ4v) is 2.64.